The van der Waals surface area contributed by atoms with Crippen LogP contribution < -0.4 is 0 Å². The van der Waals surface area contributed by atoms with Crippen molar-refractivity contribution in [3.8, 4) is 5.75 Å². The molecule has 2 rings (SSSR count). The normalized spacial score (nSPS) is 10.0. The Labute approximate surface area is 106 Å². The highest BCUT2D eigenvalue weighted by Crippen LogP contribution is 2.12. The van der Waals surface area contributed by atoms with Crippen LogP contribution in [0.1, 0.15) is 15.9 Å². The Morgan fingerprint density at radius 3 is 2.56 bits per heavy atom. The summed E-state index contributed by atoms with van der Waals surface area (Å²) in [5.74, 6) is -0.352. The van der Waals surface area contributed by atoms with Crippen molar-refractivity contribution in [1.82, 2.24) is 0 Å². The van der Waals surface area contributed by atoms with Gasteiger partial charge in [-0.15, -0.1) is 0 Å². The van der Waals surface area contributed by atoms with Crippen molar-refractivity contribution >= 4 is 5.97 Å². The Morgan fingerprint density at radius 1 is 1.06 bits per heavy atom. The van der Waals surface area contributed by atoms with Gasteiger partial charge in [-0.25, -0.2) is 4.79 Å². The summed E-state index contributed by atoms with van der Waals surface area (Å²) in [5.41, 5.74) is 1.49. The number of benzene rings is 2. The minimum atomic E-state index is -0.415. The molecule has 0 radical (unpaired) electrons. The van der Waals surface area contributed by atoms with Crippen molar-refractivity contribution in [2.45, 2.75) is 6.42 Å². The van der Waals surface area contributed by atoms with Crippen LogP contribution in [0.25, 0.3) is 0 Å². The molecular formula is C15H14O3. The van der Waals surface area contributed by atoms with Gasteiger partial charge in [-0.05, 0) is 23.8 Å². The zero-order chi connectivity index (χ0) is 12.8. The van der Waals surface area contributed by atoms with Crippen LogP contribution in [0.4, 0.5) is 0 Å². The molecule has 0 aliphatic carbocycles. The SMILES string of the molecule is O=C(OCCc1ccccc1)c1cccc(O)c1. The molecule has 0 aromatic heterocycles. The standard InChI is InChI=1S/C15H14O3/c16-14-8-4-7-13(11-14)15(17)18-10-9-12-5-2-1-3-6-12/h1-8,11,16H,9-10H2. The van der Waals surface area contributed by atoms with Crippen molar-refractivity contribution in [3.63, 3.8) is 0 Å². The Bertz CT molecular complexity index is 520. The summed E-state index contributed by atoms with van der Waals surface area (Å²) >= 11 is 0. The summed E-state index contributed by atoms with van der Waals surface area (Å²) < 4.78 is 5.14. The van der Waals surface area contributed by atoms with Crippen molar-refractivity contribution in [1.29, 1.82) is 0 Å². The molecule has 1 N–H and O–H groups in total. The van der Waals surface area contributed by atoms with E-state index in [1.54, 1.807) is 12.1 Å². The second-order valence-corrected chi connectivity index (χ2v) is 3.92. The van der Waals surface area contributed by atoms with Crippen LogP contribution in [0, 0.1) is 0 Å². The molecular weight excluding hydrogens is 228 g/mol. The molecule has 18 heavy (non-hydrogen) atoms. The molecule has 0 saturated heterocycles. The number of phenols is 1. The summed E-state index contributed by atoms with van der Waals surface area (Å²) in [7, 11) is 0. The van der Waals surface area contributed by atoms with Gasteiger partial charge in [0.25, 0.3) is 0 Å². The predicted molar refractivity (Wildman–Crippen MR) is 68.5 cm³/mol. The van der Waals surface area contributed by atoms with Gasteiger partial charge in [0.05, 0.1) is 12.2 Å². The Hall–Kier alpha value is -2.29. The molecule has 3 nitrogen and oxygen atoms in total. The fourth-order valence-corrected chi connectivity index (χ4v) is 1.62. The van der Waals surface area contributed by atoms with Crippen molar-refractivity contribution in [2.24, 2.45) is 0 Å². The van der Waals surface area contributed by atoms with Gasteiger partial charge >= 0.3 is 5.97 Å². The van der Waals surface area contributed by atoms with Gasteiger partial charge in [-0.2, -0.15) is 0 Å². The Kier molecular flexibility index (Phi) is 3.97. The molecule has 0 spiro atoms. The second-order valence-electron chi connectivity index (χ2n) is 3.92. The highest BCUT2D eigenvalue weighted by Gasteiger charge is 2.07. The topological polar surface area (TPSA) is 46.5 Å². The molecule has 0 atom stereocenters. The minimum Gasteiger partial charge on any atom is -0.508 e. The molecule has 3 heteroatoms. The van der Waals surface area contributed by atoms with Gasteiger partial charge in [-0.3, -0.25) is 0 Å². The van der Waals surface area contributed by atoms with E-state index < -0.39 is 5.97 Å². The van der Waals surface area contributed by atoms with Crippen LogP contribution in [0.2, 0.25) is 0 Å². The van der Waals surface area contributed by atoms with E-state index in [9.17, 15) is 9.90 Å². The molecule has 0 aliphatic heterocycles. The zero-order valence-corrected chi connectivity index (χ0v) is 9.87. The number of phenolic OH excluding ortho intramolecular Hbond substituents is 1. The van der Waals surface area contributed by atoms with Crippen molar-refractivity contribution in [3.05, 3.63) is 65.7 Å². The number of ether oxygens (including phenoxy) is 1. The van der Waals surface area contributed by atoms with Crippen LogP contribution >= 0.6 is 0 Å². The number of carbonyl (C=O) groups is 1. The molecule has 2 aromatic rings. The maximum absolute atomic E-state index is 11.7. The molecule has 0 saturated carbocycles. The van der Waals surface area contributed by atoms with E-state index in [1.807, 2.05) is 30.3 Å². The zero-order valence-electron chi connectivity index (χ0n) is 9.87. The van der Waals surface area contributed by atoms with Crippen LogP contribution in [0.3, 0.4) is 0 Å². The van der Waals surface area contributed by atoms with Crippen LogP contribution in [0.5, 0.6) is 5.75 Å². The first-order valence-corrected chi connectivity index (χ1v) is 5.76. The van der Waals surface area contributed by atoms with Gasteiger partial charge in [0.1, 0.15) is 5.75 Å². The average Bonchev–Trinajstić information content (AvgIpc) is 2.40. The smallest absolute Gasteiger partial charge is 0.338 e. The molecule has 0 bridgehead atoms. The van der Waals surface area contributed by atoms with Gasteiger partial charge in [0.15, 0.2) is 0 Å². The number of hydrogen-bond acceptors (Lipinski definition) is 3. The Balaban J connectivity index is 1.86. The van der Waals surface area contributed by atoms with E-state index >= 15 is 0 Å². The molecule has 0 heterocycles. The van der Waals surface area contributed by atoms with Gasteiger partial charge in [0.2, 0.25) is 0 Å². The summed E-state index contributed by atoms with van der Waals surface area (Å²) in [6.07, 6.45) is 0.686. The minimum absolute atomic E-state index is 0.0625. The van der Waals surface area contributed by atoms with E-state index in [0.29, 0.717) is 18.6 Å². The van der Waals surface area contributed by atoms with Crippen LogP contribution in [-0.4, -0.2) is 17.7 Å². The third kappa shape index (κ3) is 3.35. The second kappa shape index (κ2) is 5.87. The lowest BCUT2D eigenvalue weighted by Crippen LogP contribution is -2.07. The predicted octanol–water partition coefficient (Wildman–Crippen LogP) is 2.79. The number of carbonyl (C=O) groups excluding carboxylic acids is 1. The van der Waals surface area contributed by atoms with Crippen molar-refractivity contribution < 1.29 is 14.6 Å². The maximum Gasteiger partial charge on any atom is 0.338 e. The summed E-state index contributed by atoms with van der Waals surface area (Å²) in [4.78, 5) is 11.7. The number of rotatable bonds is 4. The molecule has 0 unspecified atom stereocenters. The number of esters is 1. The first-order chi connectivity index (χ1) is 8.75. The third-order valence-electron chi connectivity index (χ3n) is 2.55. The third-order valence-corrected chi connectivity index (χ3v) is 2.55. The van der Waals surface area contributed by atoms with E-state index in [2.05, 4.69) is 0 Å². The van der Waals surface area contributed by atoms with Gasteiger partial charge in [-0.1, -0.05) is 36.4 Å². The summed E-state index contributed by atoms with van der Waals surface area (Å²) in [6.45, 7) is 0.332. The molecule has 2 aromatic carbocycles. The van der Waals surface area contributed by atoms with Gasteiger partial charge < -0.3 is 9.84 Å². The highest BCUT2D eigenvalue weighted by molar-refractivity contribution is 5.89. The fraction of sp³-hybridized carbons (Fsp3) is 0.133. The molecule has 92 valence electrons. The maximum atomic E-state index is 11.7. The van der Waals surface area contributed by atoms with Crippen LogP contribution in [0.15, 0.2) is 54.6 Å². The van der Waals surface area contributed by atoms with Crippen molar-refractivity contribution in [2.75, 3.05) is 6.61 Å². The van der Waals surface area contributed by atoms with Gasteiger partial charge in [0, 0.05) is 6.42 Å². The summed E-state index contributed by atoms with van der Waals surface area (Å²) in [5, 5.41) is 9.26. The quantitative estimate of drug-likeness (QED) is 0.838. The molecule has 0 aliphatic rings. The molecule has 0 amide bonds. The lowest BCUT2D eigenvalue weighted by atomic mass is 10.2. The lowest BCUT2D eigenvalue weighted by molar-refractivity contribution is 0.0509. The Morgan fingerprint density at radius 2 is 1.83 bits per heavy atom. The number of aromatic hydroxyl groups is 1. The van der Waals surface area contributed by atoms with E-state index in [1.165, 1.54) is 12.1 Å². The highest BCUT2D eigenvalue weighted by atomic mass is 16.5. The first-order valence-electron chi connectivity index (χ1n) is 5.76. The fourth-order valence-electron chi connectivity index (χ4n) is 1.62. The average molecular weight is 242 g/mol. The van der Waals surface area contributed by atoms with E-state index in [-0.39, 0.29) is 5.75 Å². The van der Waals surface area contributed by atoms with E-state index in [4.69, 9.17) is 4.74 Å². The monoisotopic (exact) mass is 242 g/mol. The van der Waals surface area contributed by atoms with E-state index in [0.717, 1.165) is 5.56 Å². The lowest BCUT2D eigenvalue weighted by Gasteiger charge is -2.05. The summed E-state index contributed by atoms with van der Waals surface area (Å²) in [6, 6.07) is 16.0. The molecule has 0 fully saturated rings. The number of hydrogen-bond donors (Lipinski definition) is 1. The first kappa shape index (κ1) is 12.2. The van der Waals surface area contributed by atoms with Crippen LogP contribution in [-0.2, 0) is 11.2 Å². The largest absolute Gasteiger partial charge is 0.508 e.